The topological polar surface area (TPSA) is 49.6 Å². The fourth-order valence-corrected chi connectivity index (χ4v) is 2.71. The summed E-state index contributed by atoms with van der Waals surface area (Å²) in [6.07, 6.45) is 4.31. The van der Waals surface area contributed by atoms with E-state index in [1.165, 1.54) is 0 Å². The lowest BCUT2D eigenvalue weighted by atomic mass is 10.0. The number of fused-ring (bicyclic) bond motifs is 1. The second-order valence-electron chi connectivity index (χ2n) is 6.02. The Morgan fingerprint density at radius 3 is 2.60 bits per heavy atom. The molecule has 0 aliphatic heterocycles. The van der Waals surface area contributed by atoms with E-state index in [2.05, 4.69) is 23.2 Å². The molecule has 2 heterocycles. The van der Waals surface area contributed by atoms with Crippen molar-refractivity contribution in [3.05, 3.63) is 89.4 Å². The smallest absolute Gasteiger partial charge is 0.0991 e. The normalized spacial score (nSPS) is 12.6. The van der Waals surface area contributed by atoms with E-state index in [1.54, 1.807) is 6.20 Å². The van der Waals surface area contributed by atoms with Crippen LogP contribution in [0, 0.1) is 11.3 Å². The first-order valence-electron chi connectivity index (χ1n) is 8.21. The Hall–Kier alpha value is -3.25. The maximum Gasteiger partial charge on any atom is 0.0991 e. The standard InChI is InChI=1S/C22H19N3/c1-16(14-20-11-10-18-7-3-4-9-22(18)25-20)19(15-23)13-17(2)21-8-5-6-12-24-21/h3-13H,14H2,1-2H3. The maximum atomic E-state index is 9.55. The van der Waals surface area contributed by atoms with Crippen molar-refractivity contribution in [2.75, 3.05) is 0 Å². The molecule has 0 radical (unpaired) electrons. The molecular formula is C22H19N3. The summed E-state index contributed by atoms with van der Waals surface area (Å²) < 4.78 is 0. The minimum absolute atomic E-state index is 0.653. The molecule has 1 aromatic carbocycles. The van der Waals surface area contributed by atoms with Crippen molar-refractivity contribution in [2.45, 2.75) is 20.3 Å². The van der Waals surface area contributed by atoms with Gasteiger partial charge in [0.15, 0.2) is 0 Å². The van der Waals surface area contributed by atoms with Crippen molar-refractivity contribution in [2.24, 2.45) is 0 Å². The Morgan fingerprint density at radius 2 is 1.84 bits per heavy atom. The van der Waals surface area contributed by atoms with Crippen LogP contribution in [0.4, 0.5) is 0 Å². The molecule has 0 aliphatic rings. The van der Waals surface area contributed by atoms with Crippen molar-refractivity contribution < 1.29 is 0 Å². The number of nitriles is 1. The first-order valence-corrected chi connectivity index (χ1v) is 8.21. The van der Waals surface area contributed by atoms with E-state index in [0.29, 0.717) is 12.0 Å². The largest absolute Gasteiger partial charge is 0.257 e. The molecule has 3 nitrogen and oxygen atoms in total. The van der Waals surface area contributed by atoms with Crippen molar-refractivity contribution in [3.63, 3.8) is 0 Å². The van der Waals surface area contributed by atoms with Gasteiger partial charge < -0.3 is 0 Å². The summed E-state index contributed by atoms with van der Waals surface area (Å²) in [7, 11) is 0. The van der Waals surface area contributed by atoms with Crippen LogP contribution in [0.25, 0.3) is 16.5 Å². The highest BCUT2D eigenvalue weighted by molar-refractivity contribution is 5.78. The van der Waals surface area contributed by atoms with Gasteiger partial charge in [-0.05, 0) is 55.3 Å². The Labute approximate surface area is 148 Å². The summed E-state index contributed by atoms with van der Waals surface area (Å²) in [4.78, 5) is 9.02. The van der Waals surface area contributed by atoms with Gasteiger partial charge in [-0.15, -0.1) is 0 Å². The predicted octanol–water partition coefficient (Wildman–Crippen LogP) is 5.12. The zero-order valence-corrected chi connectivity index (χ0v) is 14.4. The molecule has 0 spiro atoms. The summed E-state index contributed by atoms with van der Waals surface area (Å²) in [6.45, 7) is 3.96. The van der Waals surface area contributed by atoms with Gasteiger partial charge in [-0.25, -0.2) is 0 Å². The molecule has 0 unspecified atom stereocenters. The molecule has 0 saturated carbocycles. The van der Waals surface area contributed by atoms with Crippen molar-refractivity contribution in [3.8, 4) is 6.07 Å². The molecule has 0 aliphatic carbocycles. The summed E-state index contributed by atoms with van der Waals surface area (Å²) in [5, 5.41) is 10.7. The van der Waals surface area contributed by atoms with Crippen molar-refractivity contribution >= 4 is 16.5 Å². The van der Waals surface area contributed by atoms with E-state index in [1.807, 2.05) is 62.4 Å². The first-order chi connectivity index (χ1) is 12.2. The number of hydrogen-bond acceptors (Lipinski definition) is 3. The Morgan fingerprint density at radius 1 is 1.04 bits per heavy atom. The van der Waals surface area contributed by atoms with E-state index < -0.39 is 0 Å². The SMILES string of the molecule is CC(=CC(C#N)=C(C)Cc1ccc2ccccc2n1)c1ccccn1. The van der Waals surface area contributed by atoms with Gasteiger partial charge in [0.1, 0.15) is 0 Å². The van der Waals surface area contributed by atoms with Crippen molar-refractivity contribution in [1.82, 2.24) is 9.97 Å². The van der Waals surface area contributed by atoms with Crippen LogP contribution in [0.3, 0.4) is 0 Å². The van der Waals surface area contributed by atoms with Gasteiger partial charge in [0.05, 0.1) is 22.9 Å². The number of para-hydroxylation sites is 1. The summed E-state index contributed by atoms with van der Waals surface area (Å²) in [6, 6.07) is 20.2. The average molecular weight is 325 g/mol. The van der Waals surface area contributed by atoms with Crippen LogP contribution in [0.5, 0.6) is 0 Å². The molecule has 3 rings (SSSR count). The van der Waals surface area contributed by atoms with E-state index in [0.717, 1.165) is 33.4 Å². The summed E-state index contributed by atoms with van der Waals surface area (Å²) >= 11 is 0. The number of allylic oxidation sites excluding steroid dienone is 4. The Bertz CT molecular complexity index is 992. The number of aromatic nitrogens is 2. The van der Waals surface area contributed by atoms with Gasteiger partial charge >= 0.3 is 0 Å². The van der Waals surface area contributed by atoms with E-state index in [-0.39, 0.29) is 0 Å². The zero-order valence-electron chi connectivity index (χ0n) is 14.4. The Kier molecular flexibility index (Phi) is 5.01. The number of nitrogens with zero attached hydrogens (tertiary/aromatic N) is 3. The predicted molar refractivity (Wildman–Crippen MR) is 102 cm³/mol. The zero-order chi connectivity index (χ0) is 17.6. The monoisotopic (exact) mass is 325 g/mol. The molecule has 0 bridgehead atoms. The van der Waals surface area contributed by atoms with Crippen LogP contribution >= 0.6 is 0 Å². The van der Waals surface area contributed by atoms with Crippen LogP contribution in [0.15, 0.2) is 78.0 Å². The fraction of sp³-hybridized carbons (Fsp3) is 0.136. The van der Waals surface area contributed by atoms with Crippen LogP contribution in [-0.4, -0.2) is 9.97 Å². The molecule has 3 aromatic rings. The first kappa shape index (κ1) is 16.6. The number of hydrogen-bond donors (Lipinski definition) is 0. The number of pyridine rings is 2. The molecule has 2 aromatic heterocycles. The Balaban J connectivity index is 1.89. The lowest BCUT2D eigenvalue weighted by Crippen LogP contribution is -1.95. The minimum atomic E-state index is 0.653. The highest BCUT2D eigenvalue weighted by atomic mass is 14.7. The molecular weight excluding hydrogens is 306 g/mol. The third-order valence-corrected chi connectivity index (χ3v) is 4.11. The molecule has 122 valence electrons. The van der Waals surface area contributed by atoms with Gasteiger partial charge in [-0.3, -0.25) is 9.97 Å². The maximum absolute atomic E-state index is 9.55. The summed E-state index contributed by atoms with van der Waals surface area (Å²) in [5.74, 6) is 0. The quantitative estimate of drug-likeness (QED) is 0.494. The van der Waals surface area contributed by atoms with Crippen LogP contribution < -0.4 is 0 Å². The molecule has 0 amide bonds. The second kappa shape index (κ2) is 7.55. The van der Waals surface area contributed by atoms with E-state index in [4.69, 9.17) is 4.98 Å². The number of rotatable bonds is 4. The van der Waals surface area contributed by atoms with Gasteiger partial charge in [-0.2, -0.15) is 5.26 Å². The molecule has 3 heteroatoms. The lowest BCUT2D eigenvalue weighted by Gasteiger charge is -2.06. The average Bonchev–Trinajstić information content (AvgIpc) is 2.66. The van der Waals surface area contributed by atoms with Crippen LogP contribution in [0.2, 0.25) is 0 Å². The van der Waals surface area contributed by atoms with Crippen molar-refractivity contribution in [1.29, 1.82) is 5.26 Å². The minimum Gasteiger partial charge on any atom is -0.257 e. The highest BCUT2D eigenvalue weighted by Crippen LogP contribution is 2.19. The van der Waals surface area contributed by atoms with Gasteiger partial charge in [0.2, 0.25) is 0 Å². The second-order valence-corrected chi connectivity index (χ2v) is 6.02. The van der Waals surface area contributed by atoms with Gasteiger partial charge in [0, 0.05) is 23.7 Å². The molecule has 0 saturated heterocycles. The molecule has 0 N–H and O–H groups in total. The third-order valence-electron chi connectivity index (χ3n) is 4.11. The summed E-state index contributed by atoms with van der Waals surface area (Å²) in [5.41, 5.74) is 5.47. The molecule has 25 heavy (non-hydrogen) atoms. The van der Waals surface area contributed by atoms with Gasteiger partial charge in [-0.1, -0.05) is 30.3 Å². The van der Waals surface area contributed by atoms with Crippen LogP contribution in [0.1, 0.15) is 25.2 Å². The lowest BCUT2D eigenvalue weighted by molar-refractivity contribution is 1.06. The third kappa shape index (κ3) is 3.99. The fourth-order valence-electron chi connectivity index (χ4n) is 2.71. The van der Waals surface area contributed by atoms with E-state index >= 15 is 0 Å². The van der Waals surface area contributed by atoms with Gasteiger partial charge in [0.25, 0.3) is 0 Å². The number of benzene rings is 1. The highest BCUT2D eigenvalue weighted by Gasteiger charge is 2.05. The molecule has 0 fully saturated rings. The van der Waals surface area contributed by atoms with E-state index in [9.17, 15) is 5.26 Å². The molecule has 0 atom stereocenters. The van der Waals surface area contributed by atoms with Crippen LogP contribution in [-0.2, 0) is 6.42 Å².